The highest BCUT2D eigenvalue weighted by Crippen LogP contribution is 2.17. The van der Waals surface area contributed by atoms with Gasteiger partial charge in [-0.2, -0.15) is 0 Å². The largest absolute Gasteiger partial charge is 0.493 e. The van der Waals surface area contributed by atoms with Gasteiger partial charge in [0.25, 0.3) is 5.91 Å². The molecule has 0 saturated heterocycles. The number of carboxylic acids is 1. The Balaban J connectivity index is 2.86. The molecule has 1 amide bonds. The molecular formula is C12H15NO5. The number of para-hydroxylation sites is 1. The van der Waals surface area contributed by atoms with E-state index in [9.17, 15) is 9.59 Å². The summed E-state index contributed by atoms with van der Waals surface area (Å²) in [5.74, 6) is -1.51. The van der Waals surface area contributed by atoms with Gasteiger partial charge >= 0.3 is 5.97 Å². The van der Waals surface area contributed by atoms with E-state index in [1.807, 2.05) is 0 Å². The van der Waals surface area contributed by atoms with Crippen molar-refractivity contribution in [3.05, 3.63) is 29.8 Å². The number of amides is 1. The molecule has 0 aliphatic heterocycles. The van der Waals surface area contributed by atoms with Crippen molar-refractivity contribution >= 4 is 11.9 Å². The minimum absolute atomic E-state index is 0.235. The van der Waals surface area contributed by atoms with E-state index in [1.165, 1.54) is 6.07 Å². The highest BCUT2D eigenvalue weighted by Gasteiger charge is 2.21. The molecule has 1 atom stereocenters. The van der Waals surface area contributed by atoms with E-state index in [2.05, 4.69) is 5.32 Å². The Labute approximate surface area is 104 Å². The number of aliphatic carboxylic acids is 1. The number of hydrogen-bond acceptors (Lipinski definition) is 4. The average molecular weight is 253 g/mol. The molecule has 0 radical (unpaired) electrons. The zero-order valence-corrected chi connectivity index (χ0v) is 9.92. The first kappa shape index (κ1) is 14.0. The fourth-order valence-corrected chi connectivity index (χ4v) is 1.36. The van der Waals surface area contributed by atoms with E-state index < -0.39 is 24.5 Å². The molecule has 6 heteroatoms. The summed E-state index contributed by atoms with van der Waals surface area (Å²) in [5, 5.41) is 19.8. The zero-order valence-electron chi connectivity index (χ0n) is 9.92. The van der Waals surface area contributed by atoms with Gasteiger partial charge in [0.15, 0.2) is 6.04 Å². The fourth-order valence-electron chi connectivity index (χ4n) is 1.36. The summed E-state index contributed by atoms with van der Waals surface area (Å²) in [5.41, 5.74) is 0.235. The van der Waals surface area contributed by atoms with Crippen molar-refractivity contribution in [3.63, 3.8) is 0 Å². The Morgan fingerprint density at radius 2 is 2.06 bits per heavy atom. The van der Waals surface area contributed by atoms with Crippen LogP contribution in [0.25, 0.3) is 0 Å². The SMILES string of the molecule is CCOc1ccccc1C(=O)N[C@@H](CO)C(=O)O. The minimum atomic E-state index is -1.33. The molecule has 0 fully saturated rings. The van der Waals surface area contributed by atoms with Gasteiger partial charge in [-0.25, -0.2) is 4.79 Å². The van der Waals surface area contributed by atoms with E-state index >= 15 is 0 Å². The van der Waals surface area contributed by atoms with Crippen LogP contribution in [0.4, 0.5) is 0 Å². The molecule has 6 nitrogen and oxygen atoms in total. The molecular weight excluding hydrogens is 238 g/mol. The third-order valence-corrected chi connectivity index (χ3v) is 2.22. The summed E-state index contributed by atoms with van der Waals surface area (Å²) < 4.78 is 5.26. The van der Waals surface area contributed by atoms with Gasteiger partial charge in [0, 0.05) is 0 Å². The van der Waals surface area contributed by atoms with Crippen LogP contribution in [0, 0.1) is 0 Å². The number of hydrogen-bond donors (Lipinski definition) is 3. The summed E-state index contributed by atoms with van der Waals surface area (Å²) in [6.45, 7) is 1.51. The van der Waals surface area contributed by atoms with Gasteiger partial charge in [-0.05, 0) is 19.1 Å². The lowest BCUT2D eigenvalue weighted by Crippen LogP contribution is -2.43. The number of carbonyl (C=O) groups excluding carboxylic acids is 1. The molecule has 18 heavy (non-hydrogen) atoms. The highest BCUT2D eigenvalue weighted by molar-refractivity contribution is 5.98. The maximum Gasteiger partial charge on any atom is 0.328 e. The van der Waals surface area contributed by atoms with Crippen LogP contribution in [0.1, 0.15) is 17.3 Å². The number of aliphatic hydroxyl groups excluding tert-OH is 1. The number of aliphatic hydroxyl groups is 1. The number of carbonyl (C=O) groups is 2. The standard InChI is InChI=1S/C12H15NO5/c1-2-18-10-6-4-3-5-8(10)11(15)13-9(7-14)12(16)17/h3-6,9,14H,2,7H2,1H3,(H,13,15)(H,16,17)/t9-/m0/s1. The molecule has 1 aromatic rings. The van der Waals surface area contributed by atoms with Crippen LogP contribution in [-0.4, -0.2) is 41.3 Å². The molecule has 0 aliphatic rings. The van der Waals surface area contributed by atoms with E-state index in [4.69, 9.17) is 14.9 Å². The molecule has 0 saturated carbocycles. The topological polar surface area (TPSA) is 95.9 Å². The van der Waals surface area contributed by atoms with Gasteiger partial charge in [-0.1, -0.05) is 12.1 Å². The van der Waals surface area contributed by atoms with E-state index in [0.29, 0.717) is 12.4 Å². The number of carboxylic acid groups (broad SMARTS) is 1. The maximum absolute atomic E-state index is 11.8. The Kier molecular flexibility index (Phi) is 5.13. The smallest absolute Gasteiger partial charge is 0.328 e. The van der Waals surface area contributed by atoms with Crippen molar-refractivity contribution in [2.75, 3.05) is 13.2 Å². The molecule has 0 aliphatic carbocycles. The Hall–Kier alpha value is -2.08. The monoisotopic (exact) mass is 253 g/mol. The Morgan fingerprint density at radius 3 is 2.61 bits per heavy atom. The van der Waals surface area contributed by atoms with Crippen LogP contribution in [0.5, 0.6) is 5.75 Å². The van der Waals surface area contributed by atoms with E-state index in [1.54, 1.807) is 25.1 Å². The lowest BCUT2D eigenvalue weighted by atomic mass is 10.1. The molecule has 0 bridgehead atoms. The predicted octanol–water partition coefficient (Wildman–Crippen LogP) is 0.261. The molecule has 0 unspecified atom stereocenters. The van der Waals surface area contributed by atoms with Crippen LogP contribution in [0.2, 0.25) is 0 Å². The molecule has 0 aromatic heterocycles. The second kappa shape index (κ2) is 6.61. The van der Waals surface area contributed by atoms with Crippen molar-refractivity contribution in [2.45, 2.75) is 13.0 Å². The second-order valence-corrected chi connectivity index (χ2v) is 3.48. The number of nitrogens with one attached hydrogen (secondary N) is 1. The first-order valence-corrected chi connectivity index (χ1v) is 5.46. The molecule has 0 spiro atoms. The van der Waals surface area contributed by atoms with Crippen LogP contribution in [-0.2, 0) is 4.79 Å². The summed E-state index contributed by atoms with van der Waals surface area (Å²) in [6, 6.07) is 5.17. The number of ether oxygens (including phenoxy) is 1. The van der Waals surface area contributed by atoms with Gasteiger partial charge in [-0.3, -0.25) is 4.79 Å². The van der Waals surface area contributed by atoms with Crippen LogP contribution in [0.3, 0.4) is 0 Å². The predicted molar refractivity (Wildman–Crippen MR) is 63.6 cm³/mol. The minimum Gasteiger partial charge on any atom is -0.493 e. The first-order valence-electron chi connectivity index (χ1n) is 5.46. The summed E-state index contributed by atoms with van der Waals surface area (Å²) in [7, 11) is 0. The van der Waals surface area contributed by atoms with Gasteiger partial charge in [-0.15, -0.1) is 0 Å². The summed E-state index contributed by atoms with van der Waals surface area (Å²) >= 11 is 0. The summed E-state index contributed by atoms with van der Waals surface area (Å²) in [4.78, 5) is 22.6. The molecule has 1 aromatic carbocycles. The van der Waals surface area contributed by atoms with Crippen molar-refractivity contribution in [2.24, 2.45) is 0 Å². The van der Waals surface area contributed by atoms with E-state index in [0.717, 1.165) is 0 Å². The van der Waals surface area contributed by atoms with E-state index in [-0.39, 0.29) is 5.56 Å². The summed E-state index contributed by atoms with van der Waals surface area (Å²) in [6.07, 6.45) is 0. The number of benzene rings is 1. The molecule has 1 rings (SSSR count). The van der Waals surface area contributed by atoms with Crippen molar-refractivity contribution in [1.82, 2.24) is 5.32 Å². The fraction of sp³-hybridized carbons (Fsp3) is 0.333. The van der Waals surface area contributed by atoms with Gasteiger partial charge < -0.3 is 20.3 Å². The van der Waals surface area contributed by atoms with Crippen LogP contribution < -0.4 is 10.1 Å². The third-order valence-electron chi connectivity index (χ3n) is 2.22. The molecule has 98 valence electrons. The van der Waals surface area contributed by atoms with Crippen molar-refractivity contribution in [3.8, 4) is 5.75 Å². The third kappa shape index (κ3) is 3.46. The quantitative estimate of drug-likeness (QED) is 0.676. The van der Waals surface area contributed by atoms with Crippen molar-refractivity contribution in [1.29, 1.82) is 0 Å². The lowest BCUT2D eigenvalue weighted by molar-refractivity contribution is -0.140. The second-order valence-electron chi connectivity index (χ2n) is 3.48. The van der Waals surface area contributed by atoms with Gasteiger partial charge in [0.05, 0.1) is 18.8 Å². The average Bonchev–Trinajstić information content (AvgIpc) is 2.36. The Morgan fingerprint density at radius 1 is 1.39 bits per heavy atom. The van der Waals surface area contributed by atoms with Crippen molar-refractivity contribution < 1.29 is 24.5 Å². The van der Waals surface area contributed by atoms with Gasteiger partial charge in [0.2, 0.25) is 0 Å². The Bertz CT molecular complexity index is 432. The maximum atomic E-state index is 11.8. The first-order chi connectivity index (χ1) is 8.60. The van der Waals surface area contributed by atoms with Gasteiger partial charge in [0.1, 0.15) is 5.75 Å². The zero-order chi connectivity index (χ0) is 13.5. The number of rotatable bonds is 6. The molecule has 0 heterocycles. The van der Waals surface area contributed by atoms with Crippen LogP contribution in [0.15, 0.2) is 24.3 Å². The lowest BCUT2D eigenvalue weighted by Gasteiger charge is -2.13. The highest BCUT2D eigenvalue weighted by atomic mass is 16.5. The normalized spacial score (nSPS) is 11.7. The molecule has 3 N–H and O–H groups in total. The van der Waals surface area contributed by atoms with Crippen LogP contribution >= 0.6 is 0 Å².